The molecule has 2 rings (SSSR count). The van der Waals surface area contributed by atoms with E-state index >= 15 is 0 Å². The smallest absolute Gasteiger partial charge is 0.131 e. The van der Waals surface area contributed by atoms with Crippen molar-refractivity contribution in [1.82, 2.24) is 10.3 Å². The first kappa shape index (κ1) is 15.8. The summed E-state index contributed by atoms with van der Waals surface area (Å²) >= 11 is 1.68. The maximum Gasteiger partial charge on any atom is 0.131 e. The fourth-order valence-electron chi connectivity index (χ4n) is 1.93. The highest BCUT2D eigenvalue weighted by atomic mass is 32.1. The summed E-state index contributed by atoms with van der Waals surface area (Å²) in [5, 5.41) is 6.52. The summed E-state index contributed by atoms with van der Waals surface area (Å²) in [6, 6.07) is 5.92. The number of aryl methyl sites for hydroxylation is 1. The first-order valence-electron chi connectivity index (χ1n) is 7.20. The normalized spacial score (nSPS) is 10.6. The summed E-state index contributed by atoms with van der Waals surface area (Å²) in [5.41, 5.74) is 2.11. The van der Waals surface area contributed by atoms with E-state index in [4.69, 9.17) is 9.47 Å². The number of thiazole rings is 1. The van der Waals surface area contributed by atoms with Gasteiger partial charge in [-0.2, -0.15) is 0 Å². The van der Waals surface area contributed by atoms with Crippen LogP contribution in [0, 0.1) is 0 Å². The average Bonchev–Trinajstić information content (AvgIpc) is 2.99. The Kier molecular flexibility index (Phi) is 6.02. The van der Waals surface area contributed by atoms with Crippen molar-refractivity contribution in [3.8, 4) is 11.5 Å². The van der Waals surface area contributed by atoms with Gasteiger partial charge >= 0.3 is 0 Å². The zero-order chi connectivity index (χ0) is 15.1. The Morgan fingerprint density at radius 1 is 1.29 bits per heavy atom. The second kappa shape index (κ2) is 8.00. The monoisotopic (exact) mass is 306 g/mol. The summed E-state index contributed by atoms with van der Waals surface area (Å²) < 4.78 is 11.2. The molecule has 1 aromatic heterocycles. The largest absolute Gasteiger partial charge is 0.497 e. The minimum atomic E-state index is 0.489. The van der Waals surface area contributed by atoms with Crippen molar-refractivity contribution in [2.75, 3.05) is 13.7 Å². The van der Waals surface area contributed by atoms with Gasteiger partial charge in [0.25, 0.3) is 0 Å². The third-order valence-corrected chi connectivity index (χ3v) is 4.16. The number of nitrogens with one attached hydrogen (secondary N) is 1. The van der Waals surface area contributed by atoms with Gasteiger partial charge in [0, 0.05) is 23.6 Å². The van der Waals surface area contributed by atoms with Crippen LogP contribution in [-0.2, 0) is 19.6 Å². The number of rotatable bonds is 8. The molecule has 0 aliphatic carbocycles. The average molecular weight is 306 g/mol. The highest BCUT2D eigenvalue weighted by molar-refractivity contribution is 7.09. The van der Waals surface area contributed by atoms with Gasteiger partial charge in [-0.1, -0.05) is 19.9 Å². The second-order valence-corrected chi connectivity index (χ2v) is 5.57. The molecular formula is C16H22N2O2S. The lowest BCUT2D eigenvalue weighted by atomic mass is 10.2. The van der Waals surface area contributed by atoms with Crippen molar-refractivity contribution < 1.29 is 9.47 Å². The molecule has 5 heteroatoms. The maximum atomic E-state index is 5.94. The Morgan fingerprint density at radius 2 is 2.14 bits per heavy atom. The molecule has 1 N–H and O–H groups in total. The van der Waals surface area contributed by atoms with Crippen LogP contribution in [0.15, 0.2) is 23.6 Å². The molecule has 0 aliphatic rings. The number of nitrogens with zero attached hydrogens (tertiary/aromatic N) is 1. The van der Waals surface area contributed by atoms with Crippen LogP contribution in [0.2, 0.25) is 0 Å². The van der Waals surface area contributed by atoms with Crippen molar-refractivity contribution in [3.63, 3.8) is 0 Å². The molecule has 1 heterocycles. The van der Waals surface area contributed by atoms with Crippen LogP contribution in [0.5, 0.6) is 11.5 Å². The van der Waals surface area contributed by atoms with Gasteiger partial charge in [0.05, 0.1) is 17.8 Å². The van der Waals surface area contributed by atoms with E-state index in [-0.39, 0.29) is 0 Å². The van der Waals surface area contributed by atoms with Crippen molar-refractivity contribution in [2.24, 2.45) is 0 Å². The van der Waals surface area contributed by atoms with Gasteiger partial charge in [-0.05, 0) is 19.0 Å². The lowest BCUT2D eigenvalue weighted by Crippen LogP contribution is -2.13. The molecule has 0 aliphatic heterocycles. The van der Waals surface area contributed by atoms with E-state index in [0.29, 0.717) is 6.61 Å². The van der Waals surface area contributed by atoms with Crippen LogP contribution < -0.4 is 14.8 Å². The zero-order valence-corrected chi connectivity index (χ0v) is 13.6. The van der Waals surface area contributed by atoms with E-state index < -0.39 is 0 Å². The summed E-state index contributed by atoms with van der Waals surface area (Å²) in [6.45, 7) is 6.40. The number of benzene rings is 1. The van der Waals surface area contributed by atoms with Gasteiger partial charge in [-0.15, -0.1) is 11.3 Å². The van der Waals surface area contributed by atoms with Crippen molar-refractivity contribution in [3.05, 3.63) is 39.8 Å². The minimum Gasteiger partial charge on any atom is -0.497 e. The molecule has 4 nitrogen and oxygen atoms in total. The van der Waals surface area contributed by atoms with Crippen LogP contribution in [0.1, 0.15) is 30.1 Å². The molecule has 0 amide bonds. The number of aromatic nitrogens is 1. The van der Waals surface area contributed by atoms with E-state index in [9.17, 15) is 0 Å². The molecule has 0 radical (unpaired) electrons. The van der Waals surface area contributed by atoms with Crippen LogP contribution in [0.4, 0.5) is 0 Å². The molecule has 114 valence electrons. The molecule has 0 bridgehead atoms. The first-order chi connectivity index (χ1) is 10.3. The van der Waals surface area contributed by atoms with Gasteiger partial charge in [0.15, 0.2) is 0 Å². The van der Waals surface area contributed by atoms with E-state index in [2.05, 4.69) is 29.5 Å². The number of methoxy groups -OCH3 is 1. The summed E-state index contributed by atoms with van der Waals surface area (Å²) in [6.07, 6.45) is 0.968. The second-order valence-electron chi connectivity index (χ2n) is 4.63. The molecule has 0 saturated heterocycles. The van der Waals surface area contributed by atoms with Crippen LogP contribution in [0.25, 0.3) is 0 Å². The summed E-state index contributed by atoms with van der Waals surface area (Å²) in [4.78, 5) is 4.52. The van der Waals surface area contributed by atoms with Crippen molar-refractivity contribution in [2.45, 2.75) is 33.4 Å². The van der Waals surface area contributed by atoms with E-state index in [1.165, 1.54) is 0 Å². The number of hydrogen-bond donors (Lipinski definition) is 1. The van der Waals surface area contributed by atoms with E-state index in [0.717, 1.165) is 47.3 Å². The van der Waals surface area contributed by atoms with Gasteiger partial charge in [-0.3, -0.25) is 0 Å². The third-order valence-electron chi connectivity index (χ3n) is 3.12. The highest BCUT2D eigenvalue weighted by Crippen LogP contribution is 2.26. The quantitative estimate of drug-likeness (QED) is 0.812. The lowest BCUT2D eigenvalue weighted by molar-refractivity contribution is 0.295. The molecule has 0 spiro atoms. The highest BCUT2D eigenvalue weighted by Gasteiger charge is 2.07. The molecule has 0 atom stereocenters. The molecular weight excluding hydrogens is 284 g/mol. The lowest BCUT2D eigenvalue weighted by Gasteiger charge is -2.12. The van der Waals surface area contributed by atoms with Crippen LogP contribution >= 0.6 is 11.3 Å². The van der Waals surface area contributed by atoms with Gasteiger partial charge in [-0.25, -0.2) is 4.98 Å². The predicted octanol–water partition coefficient (Wildman–Crippen LogP) is 3.40. The molecule has 0 unspecified atom stereocenters. The Labute approximate surface area is 130 Å². The van der Waals surface area contributed by atoms with Gasteiger partial charge in [0.2, 0.25) is 0 Å². The standard InChI is InChI=1S/C16H22N2O2S/c1-4-16-18-13(11-21-16)10-20-15-8-14(19-3)7-6-12(15)9-17-5-2/h6-8,11,17H,4-5,9-10H2,1-3H3. The third kappa shape index (κ3) is 4.44. The van der Waals surface area contributed by atoms with Gasteiger partial charge < -0.3 is 14.8 Å². The Balaban J connectivity index is 2.08. The van der Waals surface area contributed by atoms with E-state index in [1.807, 2.05) is 18.2 Å². The maximum absolute atomic E-state index is 5.94. The molecule has 21 heavy (non-hydrogen) atoms. The van der Waals surface area contributed by atoms with Gasteiger partial charge in [0.1, 0.15) is 18.1 Å². The van der Waals surface area contributed by atoms with E-state index in [1.54, 1.807) is 18.4 Å². The molecule has 2 aromatic rings. The fourth-order valence-corrected chi connectivity index (χ4v) is 2.66. The Hall–Kier alpha value is -1.59. The number of ether oxygens (including phenoxy) is 2. The van der Waals surface area contributed by atoms with Crippen molar-refractivity contribution in [1.29, 1.82) is 0 Å². The Bertz CT molecular complexity index is 569. The minimum absolute atomic E-state index is 0.489. The predicted molar refractivity (Wildman–Crippen MR) is 86.2 cm³/mol. The topological polar surface area (TPSA) is 43.4 Å². The number of hydrogen-bond acceptors (Lipinski definition) is 5. The van der Waals surface area contributed by atoms with Crippen LogP contribution in [0.3, 0.4) is 0 Å². The van der Waals surface area contributed by atoms with Crippen molar-refractivity contribution >= 4 is 11.3 Å². The Morgan fingerprint density at radius 3 is 2.81 bits per heavy atom. The zero-order valence-electron chi connectivity index (χ0n) is 12.8. The summed E-state index contributed by atoms with van der Waals surface area (Å²) in [7, 11) is 1.66. The SMILES string of the molecule is CCNCc1ccc(OC)cc1OCc1csc(CC)n1. The molecule has 0 fully saturated rings. The van der Waals surface area contributed by atoms with Crippen LogP contribution in [-0.4, -0.2) is 18.6 Å². The molecule has 1 aromatic carbocycles. The first-order valence-corrected chi connectivity index (χ1v) is 8.08. The fraction of sp³-hybridized carbons (Fsp3) is 0.438. The summed E-state index contributed by atoms with van der Waals surface area (Å²) in [5.74, 6) is 1.65. The molecule has 0 saturated carbocycles.